The fourth-order valence-electron chi connectivity index (χ4n) is 2.21. The molecule has 0 spiro atoms. The molecule has 1 atom stereocenters. The molecule has 1 rings (SSSR count). The van der Waals surface area contributed by atoms with Gasteiger partial charge in [-0.3, -0.25) is 0 Å². The molecule has 1 aliphatic heterocycles. The average Bonchev–Trinajstić information content (AvgIpc) is 2.64. The first-order valence-corrected chi connectivity index (χ1v) is 10.2. The Labute approximate surface area is 116 Å². The number of rotatable bonds is 7. The smallest absolute Gasteiger partial charge is 0.228 e. The maximum absolute atomic E-state index is 12.2. The van der Waals surface area contributed by atoms with Gasteiger partial charge in [0.25, 0.3) is 0 Å². The van der Waals surface area contributed by atoms with Crippen LogP contribution in [0, 0.1) is 5.92 Å². The van der Waals surface area contributed by atoms with Crippen molar-refractivity contribution in [1.82, 2.24) is 9.62 Å². The lowest BCUT2D eigenvalue weighted by Gasteiger charge is -2.26. The molecule has 0 aromatic rings. The van der Waals surface area contributed by atoms with Crippen molar-refractivity contribution in [1.29, 1.82) is 0 Å². The minimum absolute atomic E-state index is 0.132. The van der Waals surface area contributed by atoms with E-state index in [-0.39, 0.29) is 12.0 Å². The fourth-order valence-corrected chi connectivity index (χ4v) is 5.91. The fraction of sp³-hybridized carbons (Fsp3) is 1.00. The van der Waals surface area contributed by atoms with Crippen molar-refractivity contribution in [3.05, 3.63) is 0 Å². The van der Waals surface area contributed by atoms with E-state index in [0.717, 1.165) is 25.6 Å². The molecule has 1 fully saturated rings. The minimum atomic E-state index is -3.76. The SMILES string of the molecule is CC(C)CN(CC1CCCN1)S(=O)(=O)CS(C)(=O)=O. The number of hydrogen-bond acceptors (Lipinski definition) is 5. The summed E-state index contributed by atoms with van der Waals surface area (Å²) in [4.78, 5) is 0. The molecule has 8 heteroatoms. The second-order valence-electron chi connectivity index (χ2n) is 5.66. The van der Waals surface area contributed by atoms with Crippen molar-refractivity contribution in [2.75, 3.05) is 31.0 Å². The number of hydrogen-bond donors (Lipinski definition) is 1. The maximum atomic E-state index is 12.2. The first-order chi connectivity index (χ1) is 8.60. The third-order valence-corrected chi connectivity index (χ3v) is 6.90. The second kappa shape index (κ2) is 6.51. The van der Waals surface area contributed by atoms with Crippen LogP contribution in [-0.2, 0) is 19.9 Å². The summed E-state index contributed by atoms with van der Waals surface area (Å²) in [5.74, 6) is 0.163. The Bertz CT molecular complexity index is 479. The van der Waals surface area contributed by atoms with E-state index in [4.69, 9.17) is 0 Å². The highest BCUT2D eigenvalue weighted by Gasteiger charge is 2.30. The Balaban J connectivity index is 2.82. The highest BCUT2D eigenvalue weighted by atomic mass is 32.3. The van der Waals surface area contributed by atoms with E-state index >= 15 is 0 Å². The first kappa shape index (κ1) is 16.9. The van der Waals surface area contributed by atoms with Gasteiger partial charge >= 0.3 is 0 Å². The van der Waals surface area contributed by atoms with Crippen LogP contribution in [0.2, 0.25) is 0 Å². The van der Waals surface area contributed by atoms with E-state index in [0.29, 0.717) is 13.1 Å². The molecule has 1 saturated heterocycles. The third kappa shape index (κ3) is 6.20. The summed E-state index contributed by atoms with van der Waals surface area (Å²) in [6.07, 6.45) is 2.92. The highest BCUT2D eigenvalue weighted by molar-refractivity contribution is 8.06. The minimum Gasteiger partial charge on any atom is -0.313 e. The molecule has 1 unspecified atom stereocenters. The van der Waals surface area contributed by atoms with Gasteiger partial charge in [0.15, 0.2) is 14.9 Å². The van der Waals surface area contributed by atoms with Crippen molar-refractivity contribution in [3.63, 3.8) is 0 Å². The largest absolute Gasteiger partial charge is 0.313 e. The van der Waals surface area contributed by atoms with Crippen molar-refractivity contribution in [2.24, 2.45) is 5.92 Å². The van der Waals surface area contributed by atoms with Gasteiger partial charge < -0.3 is 5.32 Å². The molecule has 0 amide bonds. The molecule has 0 bridgehead atoms. The predicted molar refractivity (Wildman–Crippen MR) is 76.1 cm³/mol. The summed E-state index contributed by atoms with van der Waals surface area (Å²) >= 11 is 0. The van der Waals surface area contributed by atoms with Gasteiger partial charge in [-0.2, -0.15) is 4.31 Å². The van der Waals surface area contributed by atoms with Gasteiger partial charge in [0.1, 0.15) is 0 Å². The van der Waals surface area contributed by atoms with Crippen LogP contribution in [0.3, 0.4) is 0 Å². The lowest BCUT2D eigenvalue weighted by atomic mass is 10.2. The van der Waals surface area contributed by atoms with Crippen LogP contribution >= 0.6 is 0 Å². The number of nitrogens with zero attached hydrogens (tertiary/aromatic N) is 1. The zero-order chi connectivity index (χ0) is 14.7. The summed E-state index contributed by atoms with van der Waals surface area (Å²) in [6.45, 7) is 5.45. The van der Waals surface area contributed by atoms with Gasteiger partial charge in [0.2, 0.25) is 10.0 Å². The number of nitrogens with one attached hydrogen (secondary N) is 1. The van der Waals surface area contributed by atoms with Crippen molar-refractivity contribution < 1.29 is 16.8 Å². The van der Waals surface area contributed by atoms with Gasteiger partial charge in [-0.05, 0) is 25.3 Å². The topological polar surface area (TPSA) is 83.6 Å². The monoisotopic (exact) mass is 312 g/mol. The number of sulfonamides is 1. The molecular weight excluding hydrogens is 288 g/mol. The number of sulfone groups is 1. The molecule has 0 radical (unpaired) electrons. The standard InChI is InChI=1S/C11H24N2O4S2/c1-10(2)7-13(8-11-5-4-6-12-11)19(16,17)9-18(3,14)15/h10-12H,4-9H2,1-3H3. The van der Waals surface area contributed by atoms with Gasteiger partial charge in [0, 0.05) is 25.4 Å². The van der Waals surface area contributed by atoms with Crippen LogP contribution in [0.4, 0.5) is 0 Å². The summed E-state index contributed by atoms with van der Waals surface area (Å²) in [5.41, 5.74) is 0. The summed E-state index contributed by atoms with van der Waals surface area (Å²) in [5, 5.41) is 2.43. The lowest BCUT2D eigenvalue weighted by Crippen LogP contribution is -2.44. The van der Waals surface area contributed by atoms with Crippen LogP contribution in [0.5, 0.6) is 0 Å². The van der Waals surface area contributed by atoms with Gasteiger partial charge in [-0.1, -0.05) is 13.8 Å². The van der Waals surface area contributed by atoms with E-state index < -0.39 is 24.9 Å². The Morgan fingerprint density at radius 2 is 1.89 bits per heavy atom. The van der Waals surface area contributed by atoms with E-state index in [9.17, 15) is 16.8 Å². The van der Waals surface area contributed by atoms with Gasteiger partial charge in [-0.15, -0.1) is 0 Å². The predicted octanol–water partition coefficient (Wildman–Crippen LogP) is 0.0283. The Morgan fingerprint density at radius 3 is 2.32 bits per heavy atom. The molecule has 114 valence electrons. The zero-order valence-corrected chi connectivity index (χ0v) is 13.4. The van der Waals surface area contributed by atoms with Crippen LogP contribution in [-0.4, -0.2) is 58.2 Å². The maximum Gasteiger partial charge on any atom is 0.228 e. The molecule has 1 aliphatic rings. The average molecular weight is 312 g/mol. The third-order valence-electron chi connectivity index (χ3n) is 2.91. The Kier molecular flexibility index (Phi) is 5.78. The molecule has 19 heavy (non-hydrogen) atoms. The van der Waals surface area contributed by atoms with Crippen LogP contribution < -0.4 is 5.32 Å². The van der Waals surface area contributed by atoms with E-state index in [1.807, 2.05) is 13.8 Å². The van der Waals surface area contributed by atoms with E-state index in [1.165, 1.54) is 4.31 Å². The summed E-state index contributed by atoms with van der Waals surface area (Å²) in [7, 11) is -7.30. The second-order valence-corrected chi connectivity index (χ2v) is 10.1. The highest BCUT2D eigenvalue weighted by Crippen LogP contribution is 2.13. The van der Waals surface area contributed by atoms with Crippen molar-refractivity contribution >= 4 is 19.9 Å². The van der Waals surface area contributed by atoms with Gasteiger partial charge in [-0.25, -0.2) is 16.8 Å². The molecule has 0 aromatic heterocycles. The quantitative estimate of drug-likeness (QED) is 0.717. The lowest BCUT2D eigenvalue weighted by molar-refractivity contribution is 0.338. The molecule has 1 heterocycles. The Hall–Kier alpha value is -0.180. The molecule has 1 N–H and O–H groups in total. The normalized spacial score (nSPS) is 21.4. The molecular formula is C11H24N2O4S2. The molecule has 6 nitrogen and oxygen atoms in total. The summed E-state index contributed by atoms with van der Waals surface area (Å²) in [6, 6.07) is 0.132. The molecule has 0 saturated carbocycles. The van der Waals surface area contributed by atoms with Crippen molar-refractivity contribution in [3.8, 4) is 0 Å². The summed E-state index contributed by atoms with van der Waals surface area (Å²) < 4.78 is 48.2. The van der Waals surface area contributed by atoms with Crippen LogP contribution in [0.15, 0.2) is 0 Å². The Morgan fingerprint density at radius 1 is 1.26 bits per heavy atom. The zero-order valence-electron chi connectivity index (χ0n) is 11.8. The van der Waals surface area contributed by atoms with Gasteiger partial charge in [0.05, 0.1) is 0 Å². The molecule has 0 aliphatic carbocycles. The first-order valence-electron chi connectivity index (χ1n) is 6.49. The van der Waals surface area contributed by atoms with E-state index in [1.54, 1.807) is 0 Å². The van der Waals surface area contributed by atoms with Crippen LogP contribution in [0.1, 0.15) is 26.7 Å². The van der Waals surface area contributed by atoms with Crippen LogP contribution in [0.25, 0.3) is 0 Å². The molecule has 0 aromatic carbocycles. The van der Waals surface area contributed by atoms with Crippen molar-refractivity contribution in [2.45, 2.75) is 32.7 Å². The van der Waals surface area contributed by atoms with E-state index in [2.05, 4.69) is 5.32 Å².